The summed E-state index contributed by atoms with van der Waals surface area (Å²) in [5.74, 6) is 1.68. The fourth-order valence-corrected chi connectivity index (χ4v) is 4.32. The van der Waals surface area contributed by atoms with Crippen LogP contribution in [0.2, 0.25) is 0 Å². The molecular formula is C18H28N4O3. The lowest BCUT2D eigenvalue weighted by Gasteiger charge is -2.47. The first-order valence-electron chi connectivity index (χ1n) is 9.33. The molecule has 138 valence electrons. The van der Waals surface area contributed by atoms with Gasteiger partial charge in [0.2, 0.25) is 0 Å². The van der Waals surface area contributed by atoms with E-state index in [1.165, 1.54) is 13.1 Å². The van der Waals surface area contributed by atoms with Gasteiger partial charge in [-0.2, -0.15) is 0 Å². The number of amides is 2. The van der Waals surface area contributed by atoms with Crippen LogP contribution in [0.4, 0.5) is 4.79 Å². The molecular weight excluding hydrogens is 320 g/mol. The minimum absolute atomic E-state index is 0.0323. The first-order valence-corrected chi connectivity index (χ1v) is 9.33. The summed E-state index contributed by atoms with van der Waals surface area (Å²) in [5.41, 5.74) is 0. The van der Waals surface area contributed by atoms with Crippen LogP contribution in [0, 0.1) is 0 Å². The molecule has 25 heavy (non-hydrogen) atoms. The third-order valence-electron chi connectivity index (χ3n) is 5.69. The number of carbonyl (C=O) groups excluding carboxylic acids is 1. The van der Waals surface area contributed by atoms with Gasteiger partial charge in [-0.1, -0.05) is 0 Å². The lowest BCUT2D eigenvalue weighted by Crippen LogP contribution is -2.63. The van der Waals surface area contributed by atoms with Gasteiger partial charge in [-0.05, 0) is 25.0 Å². The second kappa shape index (κ2) is 7.35. The van der Waals surface area contributed by atoms with Gasteiger partial charge in [-0.15, -0.1) is 0 Å². The largest absolute Gasteiger partial charge is 0.461 e. The Labute approximate surface area is 148 Å². The first kappa shape index (κ1) is 16.9. The second-order valence-corrected chi connectivity index (χ2v) is 7.26. The van der Waals surface area contributed by atoms with Crippen LogP contribution in [0.5, 0.6) is 0 Å². The van der Waals surface area contributed by atoms with Crippen LogP contribution < -0.4 is 5.32 Å². The molecule has 4 saturated heterocycles. The molecule has 2 amide bonds. The van der Waals surface area contributed by atoms with E-state index in [2.05, 4.69) is 15.1 Å². The molecule has 5 rings (SSSR count). The summed E-state index contributed by atoms with van der Waals surface area (Å²) in [6.07, 6.45) is 1.97. The van der Waals surface area contributed by atoms with Crippen LogP contribution in [-0.4, -0.2) is 79.7 Å². The number of rotatable bonds is 5. The molecule has 0 saturated carbocycles. The van der Waals surface area contributed by atoms with E-state index in [0.717, 1.165) is 57.1 Å². The van der Waals surface area contributed by atoms with Crippen molar-refractivity contribution in [2.24, 2.45) is 0 Å². The highest BCUT2D eigenvalue weighted by atomic mass is 16.5. The fraction of sp³-hybridized carbons (Fsp3) is 0.722. The highest BCUT2D eigenvalue weighted by Gasteiger charge is 2.35. The Balaban J connectivity index is 1.34. The number of fused-ring (bicyclic) bond motifs is 3. The molecule has 7 heteroatoms. The number of hydrogen-bond donors (Lipinski definition) is 1. The standard InChI is InChI=1S/C18H28N4O3/c1-24-13-15-4-5-17(25-15)16-3-2-6-22(16)18(23)19-11-14-12-20-7-9-21(14)10-8-20/h4-5,14,16H,2-3,6-13H2,1H3,(H,19,23)/t14-,16-/m0/s1. The van der Waals surface area contributed by atoms with Gasteiger partial charge in [0.1, 0.15) is 18.1 Å². The van der Waals surface area contributed by atoms with Crippen LogP contribution in [0.15, 0.2) is 16.5 Å². The lowest BCUT2D eigenvalue weighted by atomic mass is 10.1. The quantitative estimate of drug-likeness (QED) is 0.868. The Bertz CT molecular complexity index is 597. The van der Waals surface area contributed by atoms with E-state index < -0.39 is 0 Å². The molecule has 1 aromatic heterocycles. The zero-order valence-corrected chi connectivity index (χ0v) is 14.9. The number of hydrogen-bond acceptors (Lipinski definition) is 5. The molecule has 5 heterocycles. The van der Waals surface area contributed by atoms with Gasteiger partial charge in [-0.3, -0.25) is 9.80 Å². The average molecular weight is 348 g/mol. The Hall–Kier alpha value is -1.57. The van der Waals surface area contributed by atoms with Crippen LogP contribution >= 0.6 is 0 Å². The topological polar surface area (TPSA) is 61.2 Å². The highest BCUT2D eigenvalue weighted by Crippen LogP contribution is 2.33. The predicted octanol–water partition coefficient (Wildman–Crippen LogP) is 1.27. The summed E-state index contributed by atoms with van der Waals surface area (Å²) in [7, 11) is 1.65. The van der Waals surface area contributed by atoms with E-state index in [-0.39, 0.29) is 12.1 Å². The Kier molecular flexibility index (Phi) is 4.96. The van der Waals surface area contributed by atoms with E-state index in [0.29, 0.717) is 12.6 Å². The maximum atomic E-state index is 12.7. The zero-order chi connectivity index (χ0) is 17.2. The molecule has 0 radical (unpaired) electrons. The van der Waals surface area contributed by atoms with Gasteiger partial charge >= 0.3 is 6.03 Å². The van der Waals surface area contributed by atoms with Crippen LogP contribution in [0.1, 0.15) is 30.4 Å². The van der Waals surface area contributed by atoms with Gasteiger partial charge in [0, 0.05) is 59.0 Å². The minimum Gasteiger partial charge on any atom is -0.461 e. The molecule has 2 atom stereocenters. The summed E-state index contributed by atoms with van der Waals surface area (Å²) in [6.45, 7) is 7.64. The lowest BCUT2D eigenvalue weighted by molar-refractivity contribution is 0.0142. The molecule has 0 unspecified atom stereocenters. The van der Waals surface area contributed by atoms with Crippen molar-refractivity contribution in [3.8, 4) is 0 Å². The number of urea groups is 1. The number of carbonyl (C=O) groups is 1. The number of furan rings is 1. The first-order chi connectivity index (χ1) is 12.2. The molecule has 2 bridgehead atoms. The van der Waals surface area contributed by atoms with Gasteiger partial charge < -0.3 is 19.4 Å². The Morgan fingerprint density at radius 3 is 2.84 bits per heavy atom. The Morgan fingerprint density at radius 1 is 1.28 bits per heavy atom. The fourth-order valence-electron chi connectivity index (χ4n) is 4.32. The third-order valence-corrected chi connectivity index (χ3v) is 5.69. The molecule has 0 aromatic carbocycles. The van der Waals surface area contributed by atoms with Crippen molar-refractivity contribution in [1.82, 2.24) is 20.0 Å². The van der Waals surface area contributed by atoms with Crippen molar-refractivity contribution < 1.29 is 13.9 Å². The summed E-state index contributed by atoms with van der Waals surface area (Å²) < 4.78 is 11.0. The minimum atomic E-state index is 0.0323. The van der Waals surface area contributed by atoms with Gasteiger partial charge in [-0.25, -0.2) is 4.79 Å². The summed E-state index contributed by atoms with van der Waals surface area (Å²) in [4.78, 5) is 19.7. The van der Waals surface area contributed by atoms with Crippen LogP contribution in [0.3, 0.4) is 0 Å². The van der Waals surface area contributed by atoms with Crippen molar-refractivity contribution in [2.75, 3.05) is 52.9 Å². The number of ether oxygens (including phenoxy) is 1. The van der Waals surface area contributed by atoms with E-state index in [4.69, 9.17) is 9.15 Å². The van der Waals surface area contributed by atoms with Gasteiger partial charge in [0.25, 0.3) is 0 Å². The number of nitrogens with one attached hydrogen (secondary N) is 1. The molecule has 0 aliphatic carbocycles. The smallest absolute Gasteiger partial charge is 0.318 e. The maximum Gasteiger partial charge on any atom is 0.318 e. The van der Waals surface area contributed by atoms with Crippen LogP contribution in [0.25, 0.3) is 0 Å². The van der Waals surface area contributed by atoms with Crippen molar-refractivity contribution in [3.63, 3.8) is 0 Å². The Morgan fingerprint density at radius 2 is 2.12 bits per heavy atom. The van der Waals surface area contributed by atoms with Crippen molar-refractivity contribution in [3.05, 3.63) is 23.7 Å². The van der Waals surface area contributed by atoms with Crippen LogP contribution in [-0.2, 0) is 11.3 Å². The molecule has 7 nitrogen and oxygen atoms in total. The molecule has 4 fully saturated rings. The monoisotopic (exact) mass is 348 g/mol. The van der Waals surface area contributed by atoms with Gasteiger partial charge in [0.15, 0.2) is 0 Å². The summed E-state index contributed by atoms with van der Waals surface area (Å²) in [6, 6.07) is 4.43. The number of likely N-dealkylation sites (tertiary alicyclic amines) is 1. The highest BCUT2D eigenvalue weighted by molar-refractivity contribution is 5.75. The van der Waals surface area contributed by atoms with Crippen molar-refractivity contribution in [2.45, 2.75) is 31.5 Å². The maximum absolute atomic E-state index is 12.7. The second-order valence-electron chi connectivity index (χ2n) is 7.26. The summed E-state index contributed by atoms with van der Waals surface area (Å²) >= 11 is 0. The van der Waals surface area contributed by atoms with Gasteiger partial charge in [0.05, 0.1) is 6.04 Å². The van der Waals surface area contributed by atoms with Crippen molar-refractivity contribution >= 4 is 6.03 Å². The summed E-state index contributed by atoms with van der Waals surface area (Å²) in [5, 5.41) is 3.16. The van der Waals surface area contributed by atoms with E-state index >= 15 is 0 Å². The van der Waals surface area contributed by atoms with E-state index in [9.17, 15) is 4.79 Å². The molecule has 4 aliphatic heterocycles. The molecule has 1 aromatic rings. The molecule has 0 spiro atoms. The SMILES string of the molecule is COCc1ccc([C@@H]2CCCN2C(=O)NC[C@H]2CN3CCN2CC3)o1. The third kappa shape index (κ3) is 3.54. The molecule has 4 aliphatic rings. The number of nitrogens with zero attached hydrogens (tertiary/aromatic N) is 3. The predicted molar refractivity (Wildman–Crippen MR) is 93.3 cm³/mol. The number of piperazine rings is 3. The van der Waals surface area contributed by atoms with Crippen molar-refractivity contribution in [1.29, 1.82) is 0 Å². The van der Waals surface area contributed by atoms with E-state index in [1.807, 2.05) is 17.0 Å². The zero-order valence-electron chi connectivity index (χ0n) is 14.9. The molecule has 1 N–H and O–H groups in total. The average Bonchev–Trinajstić information content (AvgIpc) is 3.30. The normalized spacial score (nSPS) is 31.5. The van der Waals surface area contributed by atoms with E-state index in [1.54, 1.807) is 7.11 Å². The number of methoxy groups -OCH3 is 1.